The van der Waals surface area contributed by atoms with Crippen LogP contribution in [0.1, 0.15) is 40.3 Å². The smallest absolute Gasteiger partial charge is 0.410 e. The molecular weight excluding hydrogens is 391 g/mol. The van der Waals surface area contributed by atoms with E-state index in [9.17, 15) is 14.0 Å². The van der Waals surface area contributed by atoms with Gasteiger partial charge < -0.3 is 19.7 Å². The zero-order valence-electron chi connectivity index (χ0n) is 18.3. The Bertz CT molecular complexity index is 964. The van der Waals surface area contributed by atoms with Gasteiger partial charge in [0, 0.05) is 19.0 Å². The highest BCUT2D eigenvalue weighted by Gasteiger charge is 2.36. The summed E-state index contributed by atoms with van der Waals surface area (Å²) >= 11 is 0. The number of fused-ring (bicyclic) bond motifs is 1. The fourth-order valence-corrected chi connectivity index (χ4v) is 3.44. The van der Waals surface area contributed by atoms with E-state index in [1.165, 1.54) is 17.0 Å². The number of carbonyl (C=O) groups is 2. The molecule has 0 spiro atoms. The van der Waals surface area contributed by atoms with E-state index in [1.807, 2.05) is 13.8 Å². The van der Waals surface area contributed by atoms with Crippen LogP contribution in [0.25, 0.3) is 10.9 Å². The van der Waals surface area contributed by atoms with Gasteiger partial charge in [-0.25, -0.2) is 9.18 Å². The van der Waals surface area contributed by atoms with Crippen LogP contribution in [0, 0.1) is 5.82 Å². The number of nitrogens with one attached hydrogen (secondary N) is 1. The number of benzene rings is 1. The van der Waals surface area contributed by atoms with Crippen molar-refractivity contribution in [3.05, 3.63) is 29.7 Å². The predicted molar refractivity (Wildman–Crippen MR) is 109 cm³/mol. The van der Waals surface area contributed by atoms with Crippen LogP contribution < -0.4 is 5.32 Å². The minimum Gasteiger partial charge on any atom is -0.444 e. The molecule has 9 heteroatoms. The van der Waals surface area contributed by atoms with E-state index in [2.05, 4.69) is 10.4 Å². The van der Waals surface area contributed by atoms with Crippen molar-refractivity contribution in [2.24, 2.45) is 7.05 Å². The van der Waals surface area contributed by atoms with E-state index < -0.39 is 23.3 Å². The standard InChI is InChI=1S/C21H29FN4O4/c1-20(2,3)30-19(28)26-9-10-29-16(12-26)18(27)23-21(4,5)17-14-8-7-13(22)11-15(14)25(6)24-17/h7-8,11,16H,9-10,12H2,1-6H3,(H,23,27)/t16-/m0/s1. The van der Waals surface area contributed by atoms with Gasteiger partial charge in [0.1, 0.15) is 11.4 Å². The molecule has 3 rings (SSSR count). The summed E-state index contributed by atoms with van der Waals surface area (Å²) in [6.07, 6.45) is -1.29. The molecule has 1 aromatic heterocycles. The maximum Gasteiger partial charge on any atom is 0.410 e. The van der Waals surface area contributed by atoms with Crippen LogP contribution in [-0.4, -0.2) is 58.1 Å². The van der Waals surface area contributed by atoms with Crippen LogP contribution in [0.4, 0.5) is 9.18 Å². The van der Waals surface area contributed by atoms with Gasteiger partial charge in [0.05, 0.1) is 29.9 Å². The Morgan fingerprint density at radius 3 is 2.63 bits per heavy atom. The first-order valence-electron chi connectivity index (χ1n) is 9.92. The number of aryl methyl sites for hydroxylation is 1. The van der Waals surface area contributed by atoms with Gasteiger partial charge in [-0.05, 0) is 52.8 Å². The lowest BCUT2D eigenvalue weighted by atomic mass is 9.96. The molecule has 0 saturated carbocycles. The summed E-state index contributed by atoms with van der Waals surface area (Å²) < 4.78 is 26.2. The molecule has 1 aliphatic rings. The second-order valence-electron chi connectivity index (χ2n) is 9.03. The highest BCUT2D eigenvalue weighted by Crippen LogP contribution is 2.28. The first kappa shape index (κ1) is 22.0. The summed E-state index contributed by atoms with van der Waals surface area (Å²) in [6.45, 7) is 9.73. The van der Waals surface area contributed by atoms with Crippen LogP contribution in [0.2, 0.25) is 0 Å². The lowest BCUT2D eigenvalue weighted by molar-refractivity contribution is -0.139. The van der Waals surface area contributed by atoms with Gasteiger partial charge in [-0.3, -0.25) is 9.48 Å². The van der Waals surface area contributed by atoms with Crippen molar-refractivity contribution in [3.8, 4) is 0 Å². The third-order valence-electron chi connectivity index (χ3n) is 4.85. The Morgan fingerprint density at radius 1 is 1.27 bits per heavy atom. The third kappa shape index (κ3) is 4.72. The van der Waals surface area contributed by atoms with Crippen LogP contribution in [0.15, 0.2) is 18.2 Å². The summed E-state index contributed by atoms with van der Waals surface area (Å²) in [6, 6.07) is 4.43. The lowest BCUT2D eigenvalue weighted by Crippen LogP contribution is -2.55. The molecule has 1 fully saturated rings. The Hall–Kier alpha value is -2.68. The minimum absolute atomic E-state index is 0.102. The summed E-state index contributed by atoms with van der Waals surface area (Å²) in [7, 11) is 1.73. The normalized spacial score (nSPS) is 17.8. The molecule has 2 aromatic rings. The van der Waals surface area contributed by atoms with Gasteiger partial charge in [-0.2, -0.15) is 5.10 Å². The number of ether oxygens (including phenoxy) is 2. The Labute approximate surface area is 175 Å². The minimum atomic E-state index is -0.841. The van der Waals surface area contributed by atoms with Crippen molar-refractivity contribution in [1.29, 1.82) is 0 Å². The molecule has 8 nitrogen and oxygen atoms in total. The van der Waals surface area contributed by atoms with Gasteiger partial charge in [0.25, 0.3) is 5.91 Å². The Kier molecular flexibility index (Phi) is 5.77. The maximum atomic E-state index is 13.6. The lowest BCUT2D eigenvalue weighted by Gasteiger charge is -2.35. The molecule has 1 aliphatic heterocycles. The zero-order chi connectivity index (χ0) is 22.3. The Morgan fingerprint density at radius 2 is 1.97 bits per heavy atom. The molecule has 2 amide bonds. The molecule has 1 N–H and O–H groups in total. The van der Waals surface area contributed by atoms with Crippen LogP contribution >= 0.6 is 0 Å². The second-order valence-corrected chi connectivity index (χ2v) is 9.03. The van der Waals surface area contributed by atoms with Crippen molar-refractivity contribution in [3.63, 3.8) is 0 Å². The fraction of sp³-hybridized carbons (Fsp3) is 0.571. The molecule has 0 bridgehead atoms. The highest BCUT2D eigenvalue weighted by atomic mass is 19.1. The van der Waals surface area contributed by atoms with Crippen LogP contribution in [0.3, 0.4) is 0 Å². The van der Waals surface area contributed by atoms with Crippen molar-refractivity contribution in [2.75, 3.05) is 19.7 Å². The average molecular weight is 420 g/mol. The van der Waals surface area contributed by atoms with Crippen molar-refractivity contribution >= 4 is 22.9 Å². The fourth-order valence-electron chi connectivity index (χ4n) is 3.44. The van der Waals surface area contributed by atoms with E-state index in [0.717, 1.165) is 5.39 Å². The summed E-state index contributed by atoms with van der Waals surface area (Å²) in [5, 5.41) is 8.21. The number of carbonyl (C=O) groups excluding carboxylic acids is 2. The van der Waals surface area contributed by atoms with Crippen LogP contribution in [0.5, 0.6) is 0 Å². The van der Waals surface area contributed by atoms with Crippen molar-refractivity contribution in [1.82, 2.24) is 20.0 Å². The van der Waals surface area contributed by atoms with Crippen molar-refractivity contribution < 1.29 is 23.5 Å². The zero-order valence-corrected chi connectivity index (χ0v) is 18.3. The topological polar surface area (TPSA) is 85.7 Å². The molecule has 0 radical (unpaired) electrons. The predicted octanol–water partition coefficient (Wildman–Crippen LogP) is 2.70. The molecule has 30 heavy (non-hydrogen) atoms. The van der Waals surface area contributed by atoms with E-state index in [4.69, 9.17) is 9.47 Å². The van der Waals surface area contributed by atoms with Crippen molar-refractivity contribution in [2.45, 2.75) is 51.9 Å². The largest absolute Gasteiger partial charge is 0.444 e. The van der Waals surface area contributed by atoms with Gasteiger partial charge in [-0.1, -0.05) is 0 Å². The number of morpholine rings is 1. The monoisotopic (exact) mass is 420 g/mol. The Balaban J connectivity index is 1.74. The van der Waals surface area contributed by atoms with E-state index in [1.54, 1.807) is 38.6 Å². The molecule has 1 atom stereocenters. The molecular formula is C21H29FN4O4. The second kappa shape index (κ2) is 7.86. The van der Waals surface area contributed by atoms with Crippen LogP contribution in [-0.2, 0) is 26.9 Å². The summed E-state index contributed by atoms with van der Waals surface area (Å²) in [5.41, 5.74) is -0.203. The number of rotatable bonds is 3. The van der Waals surface area contributed by atoms with E-state index >= 15 is 0 Å². The molecule has 1 saturated heterocycles. The number of nitrogens with zero attached hydrogens (tertiary/aromatic N) is 3. The molecule has 0 unspecified atom stereocenters. The number of hydrogen-bond acceptors (Lipinski definition) is 5. The molecule has 164 valence electrons. The van der Waals surface area contributed by atoms with E-state index in [-0.39, 0.29) is 24.9 Å². The number of hydrogen-bond donors (Lipinski definition) is 1. The number of halogens is 1. The first-order chi connectivity index (χ1) is 13.9. The summed E-state index contributed by atoms with van der Waals surface area (Å²) in [5.74, 6) is -0.703. The molecule has 1 aromatic carbocycles. The number of aromatic nitrogens is 2. The third-order valence-corrected chi connectivity index (χ3v) is 4.85. The van der Waals surface area contributed by atoms with Gasteiger partial charge in [-0.15, -0.1) is 0 Å². The van der Waals surface area contributed by atoms with Gasteiger partial charge >= 0.3 is 6.09 Å². The van der Waals surface area contributed by atoms with E-state index in [0.29, 0.717) is 17.8 Å². The van der Waals surface area contributed by atoms with Gasteiger partial charge in [0.15, 0.2) is 6.10 Å². The number of amides is 2. The average Bonchev–Trinajstić information content (AvgIpc) is 2.97. The van der Waals surface area contributed by atoms with Gasteiger partial charge in [0.2, 0.25) is 0 Å². The highest BCUT2D eigenvalue weighted by molar-refractivity contribution is 5.86. The first-order valence-corrected chi connectivity index (χ1v) is 9.92. The maximum absolute atomic E-state index is 13.6. The molecule has 0 aliphatic carbocycles. The quantitative estimate of drug-likeness (QED) is 0.825. The summed E-state index contributed by atoms with van der Waals surface area (Å²) in [4.78, 5) is 26.7. The molecule has 2 heterocycles. The SMILES string of the molecule is Cn1nc(C(C)(C)NC(=O)[C@@H]2CN(C(=O)OC(C)(C)C)CCO2)c2ccc(F)cc21.